The second-order valence-electron chi connectivity index (χ2n) is 6.18. The van der Waals surface area contributed by atoms with Crippen molar-refractivity contribution in [3.63, 3.8) is 0 Å². The minimum Gasteiger partial charge on any atom is -0.495 e. The number of carbonyl (C=O) groups is 1. The molecule has 1 aliphatic heterocycles. The topological polar surface area (TPSA) is 32.8 Å². The van der Waals surface area contributed by atoms with E-state index in [-0.39, 0.29) is 5.91 Å². The fourth-order valence-corrected chi connectivity index (χ4v) is 3.12. The number of amides is 1. The zero-order valence-corrected chi connectivity index (χ0v) is 14.8. The SMILES string of the molecule is COc1ccccc1N1CCN(C(=O)/C=C(\C)c2ccccc2)CC1. The van der Waals surface area contributed by atoms with Gasteiger partial charge in [-0.2, -0.15) is 0 Å². The molecule has 0 unspecified atom stereocenters. The monoisotopic (exact) mass is 336 g/mol. The minimum absolute atomic E-state index is 0.0843. The molecule has 0 radical (unpaired) electrons. The van der Waals surface area contributed by atoms with Crippen LogP contribution in [0.3, 0.4) is 0 Å². The van der Waals surface area contributed by atoms with Gasteiger partial charge in [0.25, 0.3) is 0 Å². The predicted octanol–water partition coefficient (Wildman–Crippen LogP) is 3.45. The van der Waals surface area contributed by atoms with Crippen LogP contribution in [0.2, 0.25) is 0 Å². The van der Waals surface area contributed by atoms with Crippen molar-refractivity contribution in [3.05, 3.63) is 66.2 Å². The number of rotatable bonds is 4. The molecule has 2 aromatic rings. The molecule has 0 atom stereocenters. The van der Waals surface area contributed by atoms with Crippen molar-refractivity contribution >= 4 is 17.2 Å². The van der Waals surface area contributed by atoms with Gasteiger partial charge in [-0.15, -0.1) is 0 Å². The summed E-state index contributed by atoms with van der Waals surface area (Å²) in [5.74, 6) is 0.961. The van der Waals surface area contributed by atoms with Gasteiger partial charge in [-0.3, -0.25) is 4.79 Å². The maximum absolute atomic E-state index is 12.6. The lowest BCUT2D eigenvalue weighted by atomic mass is 10.1. The van der Waals surface area contributed by atoms with E-state index in [0.29, 0.717) is 0 Å². The van der Waals surface area contributed by atoms with Gasteiger partial charge in [0.1, 0.15) is 5.75 Å². The number of hydrogen-bond acceptors (Lipinski definition) is 3. The van der Waals surface area contributed by atoms with E-state index in [0.717, 1.165) is 48.8 Å². The van der Waals surface area contributed by atoms with Gasteiger partial charge >= 0.3 is 0 Å². The molecule has 1 saturated heterocycles. The van der Waals surface area contributed by atoms with Crippen molar-refractivity contribution in [3.8, 4) is 5.75 Å². The number of piperazine rings is 1. The van der Waals surface area contributed by atoms with Gasteiger partial charge in [-0.1, -0.05) is 42.5 Å². The summed E-state index contributed by atoms with van der Waals surface area (Å²) in [6.45, 7) is 5.04. The van der Waals surface area contributed by atoms with Gasteiger partial charge < -0.3 is 14.5 Å². The number of benzene rings is 2. The van der Waals surface area contributed by atoms with Crippen molar-refractivity contribution < 1.29 is 9.53 Å². The number of anilines is 1. The Labute approximate surface area is 149 Å². The lowest BCUT2D eigenvalue weighted by Crippen LogP contribution is -2.48. The summed E-state index contributed by atoms with van der Waals surface area (Å²) in [7, 11) is 1.69. The molecule has 1 aliphatic rings. The van der Waals surface area contributed by atoms with Crippen LogP contribution in [0, 0.1) is 0 Å². The molecule has 2 aromatic carbocycles. The minimum atomic E-state index is 0.0843. The maximum Gasteiger partial charge on any atom is 0.246 e. The highest BCUT2D eigenvalue weighted by Gasteiger charge is 2.21. The van der Waals surface area contributed by atoms with Gasteiger partial charge in [0.05, 0.1) is 12.8 Å². The molecule has 130 valence electrons. The molecule has 0 bridgehead atoms. The lowest BCUT2D eigenvalue weighted by Gasteiger charge is -2.36. The Morgan fingerprint density at radius 2 is 1.60 bits per heavy atom. The molecule has 3 rings (SSSR count). The number of nitrogens with zero attached hydrogens (tertiary/aromatic N) is 2. The van der Waals surface area contributed by atoms with Crippen molar-refractivity contribution in [1.29, 1.82) is 0 Å². The van der Waals surface area contributed by atoms with E-state index in [4.69, 9.17) is 4.74 Å². The van der Waals surface area contributed by atoms with E-state index in [9.17, 15) is 4.79 Å². The Morgan fingerprint density at radius 1 is 0.960 bits per heavy atom. The summed E-state index contributed by atoms with van der Waals surface area (Å²) in [6.07, 6.45) is 1.74. The average molecular weight is 336 g/mol. The van der Waals surface area contributed by atoms with E-state index in [1.165, 1.54) is 0 Å². The Bertz CT molecular complexity index is 748. The lowest BCUT2D eigenvalue weighted by molar-refractivity contribution is -0.126. The molecule has 1 heterocycles. The smallest absolute Gasteiger partial charge is 0.246 e. The Kier molecular flexibility index (Phi) is 5.39. The van der Waals surface area contributed by atoms with Crippen molar-refractivity contribution in [2.75, 3.05) is 38.2 Å². The molecule has 4 heteroatoms. The van der Waals surface area contributed by atoms with E-state index in [1.54, 1.807) is 13.2 Å². The number of para-hydroxylation sites is 2. The van der Waals surface area contributed by atoms with Gasteiger partial charge in [0.2, 0.25) is 5.91 Å². The van der Waals surface area contributed by atoms with Crippen LogP contribution in [0.4, 0.5) is 5.69 Å². The standard InChI is InChI=1S/C21H24N2O2/c1-17(18-8-4-3-5-9-18)16-21(24)23-14-12-22(13-15-23)19-10-6-7-11-20(19)25-2/h3-11,16H,12-15H2,1-2H3/b17-16+. The fraction of sp³-hybridized carbons (Fsp3) is 0.286. The van der Waals surface area contributed by atoms with E-state index in [2.05, 4.69) is 11.0 Å². The highest BCUT2D eigenvalue weighted by atomic mass is 16.5. The Hall–Kier alpha value is -2.75. The molecule has 0 spiro atoms. The Morgan fingerprint density at radius 3 is 2.28 bits per heavy atom. The van der Waals surface area contributed by atoms with Gasteiger partial charge in [0.15, 0.2) is 0 Å². The second-order valence-corrected chi connectivity index (χ2v) is 6.18. The molecule has 0 saturated carbocycles. The first kappa shape index (κ1) is 17.1. The first-order valence-corrected chi connectivity index (χ1v) is 8.59. The van der Waals surface area contributed by atoms with E-state index >= 15 is 0 Å². The van der Waals surface area contributed by atoms with Crippen molar-refractivity contribution in [2.45, 2.75) is 6.92 Å². The largest absolute Gasteiger partial charge is 0.495 e. The van der Waals surface area contributed by atoms with Crippen molar-refractivity contribution in [1.82, 2.24) is 4.90 Å². The zero-order chi connectivity index (χ0) is 17.6. The van der Waals surface area contributed by atoms with Gasteiger partial charge in [-0.25, -0.2) is 0 Å². The van der Waals surface area contributed by atoms with Crippen LogP contribution in [0.15, 0.2) is 60.7 Å². The van der Waals surface area contributed by atoms with Crippen LogP contribution in [0.25, 0.3) is 5.57 Å². The van der Waals surface area contributed by atoms with Crippen LogP contribution in [0.5, 0.6) is 5.75 Å². The normalized spacial score (nSPS) is 15.2. The van der Waals surface area contributed by atoms with E-state index in [1.807, 2.05) is 60.4 Å². The predicted molar refractivity (Wildman–Crippen MR) is 102 cm³/mol. The summed E-state index contributed by atoms with van der Waals surface area (Å²) in [6, 6.07) is 18.0. The summed E-state index contributed by atoms with van der Waals surface area (Å²) >= 11 is 0. The van der Waals surface area contributed by atoms with Crippen LogP contribution >= 0.6 is 0 Å². The van der Waals surface area contributed by atoms with Gasteiger partial charge in [-0.05, 0) is 30.2 Å². The van der Waals surface area contributed by atoms with Crippen molar-refractivity contribution in [2.24, 2.45) is 0 Å². The van der Waals surface area contributed by atoms with E-state index < -0.39 is 0 Å². The third kappa shape index (κ3) is 4.02. The molecular formula is C21H24N2O2. The third-order valence-corrected chi connectivity index (χ3v) is 4.59. The maximum atomic E-state index is 12.6. The molecule has 4 nitrogen and oxygen atoms in total. The molecule has 1 amide bonds. The first-order valence-electron chi connectivity index (χ1n) is 8.59. The second kappa shape index (κ2) is 7.88. The number of allylic oxidation sites excluding steroid dienone is 1. The van der Waals surface area contributed by atoms with Crippen LogP contribution in [0.1, 0.15) is 12.5 Å². The Balaban J connectivity index is 1.63. The first-order chi connectivity index (χ1) is 12.2. The number of methoxy groups -OCH3 is 1. The van der Waals surface area contributed by atoms with Crippen LogP contribution in [-0.2, 0) is 4.79 Å². The molecular weight excluding hydrogens is 312 g/mol. The van der Waals surface area contributed by atoms with Crippen LogP contribution in [-0.4, -0.2) is 44.1 Å². The summed E-state index contributed by atoms with van der Waals surface area (Å²) < 4.78 is 5.44. The van der Waals surface area contributed by atoms with Gasteiger partial charge in [0, 0.05) is 32.3 Å². The molecule has 0 N–H and O–H groups in total. The number of hydrogen-bond donors (Lipinski definition) is 0. The molecule has 0 aromatic heterocycles. The summed E-state index contributed by atoms with van der Waals surface area (Å²) in [4.78, 5) is 16.7. The number of carbonyl (C=O) groups excluding carboxylic acids is 1. The molecule has 25 heavy (non-hydrogen) atoms. The highest BCUT2D eigenvalue weighted by molar-refractivity contribution is 5.95. The average Bonchev–Trinajstić information content (AvgIpc) is 2.68. The fourth-order valence-electron chi connectivity index (χ4n) is 3.12. The summed E-state index contributed by atoms with van der Waals surface area (Å²) in [5, 5.41) is 0. The molecule has 0 aliphatic carbocycles. The third-order valence-electron chi connectivity index (χ3n) is 4.59. The van der Waals surface area contributed by atoms with Crippen LogP contribution < -0.4 is 9.64 Å². The zero-order valence-electron chi connectivity index (χ0n) is 14.8. The molecule has 1 fully saturated rings. The summed E-state index contributed by atoms with van der Waals surface area (Å²) in [5.41, 5.74) is 3.18. The quantitative estimate of drug-likeness (QED) is 0.802. The highest BCUT2D eigenvalue weighted by Crippen LogP contribution is 2.28. The number of ether oxygens (including phenoxy) is 1.